The summed E-state index contributed by atoms with van der Waals surface area (Å²) >= 11 is 12.0. The van der Waals surface area contributed by atoms with E-state index >= 15 is 0 Å². The van der Waals surface area contributed by atoms with Crippen molar-refractivity contribution in [1.29, 1.82) is 0 Å². The molecule has 54 valence electrons. The van der Waals surface area contributed by atoms with Gasteiger partial charge in [0.05, 0.1) is 5.69 Å². The Morgan fingerprint density at radius 1 is 1.50 bits per heavy atom. The lowest BCUT2D eigenvalue weighted by Gasteiger charge is -1.99. The summed E-state index contributed by atoms with van der Waals surface area (Å²) in [5, 5.41) is 0.410. The van der Waals surface area contributed by atoms with Crippen LogP contribution in [0.15, 0.2) is 15.1 Å². The minimum Gasteiger partial charge on any atom is -0.396 e. The number of hydrogen-bond donors (Lipinski definition) is 1. The molecule has 10 heavy (non-hydrogen) atoms. The van der Waals surface area contributed by atoms with Crippen LogP contribution in [0.2, 0.25) is 5.15 Å². The molecule has 0 spiro atoms. The molecule has 0 aliphatic heterocycles. The molecule has 0 fully saturated rings. The average molecular weight is 286 g/mol. The van der Waals surface area contributed by atoms with Crippen LogP contribution in [-0.4, -0.2) is 4.98 Å². The Balaban J connectivity index is 3.31. The fourth-order valence-corrected chi connectivity index (χ4v) is 1.97. The van der Waals surface area contributed by atoms with E-state index in [0.717, 1.165) is 4.47 Å². The normalized spacial score (nSPS) is 9.90. The number of nitrogens with two attached hydrogens (primary N) is 1. The highest BCUT2D eigenvalue weighted by molar-refractivity contribution is 9.11. The molecule has 1 heterocycles. The molecule has 0 unspecified atom stereocenters. The molecular formula is C5H3Br2ClN2. The van der Waals surface area contributed by atoms with Crippen LogP contribution in [0.5, 0.6) is 0 Å². The maximum atomic E-state index is 5.60. The molecule has 0 atom stereocenters. The van der Waals surface area contributed by atoms with Crippen LogP contribution in [0, 0.1) is 0 Å². The zero-order valence-electron chi connectivity index (χ0n) is 4.74. The molecule has 1 aromatic rings. The van der Waals surface area contributed by atoms with Crippen molar-refractivity contribution in [1.82, 2.24) is 4.98 Å². The number of halogens is 3. The molecule has 2 nitrogen and oxygen atoms in total. The summed E-state index contributed by atoms with van der Waals surface area (Å²) in [5.41, 5.74) is 6.10. The molecule has 0 aliphatic rings. The number of nitrogen functional groups attached to an aromatic ring is 1. The van der Waals surface area contributed by atoms with Gasteiger partial charge in [0.1, 0.15) is 9.76 Å². The number of hydrogen-bond acceptors (Lipinski definition) is 2. The average Bonchev–Trinajstić information content (AvgIpc) is 1.82. The van der Waals surface area contributed by atoms with E-state index in [1.165, 1.54) is 0 Å². The zero-order valence-corrected chi connectivity index (χ0v) is 8.66. The van der Waals surface area contributed by atoms with Gasteiger partial charge in [-0.2, -0.15) is 0 Å². The standard InChI is InChI=1S/C5H3Br2ClN2/c6-2-1-3(8)10-5(7)4(2)9/h1H,9H2. The first-order chi connectivity index (χ1) is 4.61. The summed E-state index contributed by atoms with van der Waals surface area (Å²) < 4.78 is 1.31. The maximum Gasteiger partial charge on any atom is 0.131 e. The highest BCUT2D eigenvalue weighted by Gasteiger charge is 2.02. The fraction of sp³-hybridized carbons (Fsp3) is 0. The van der Waals surface area contributed by atoms with Gasteiger partial charge in [-0.05, 0) is 37.9 Å². The van der Waals surface area contributed by atoms with E-state index in [1.807, 2.05) is 0 Å². The van der Waals surface area contributed by atoms with E-state index in [2.05, 4.69) is 36.8 Å². The third kappa shape index (κ3) is 1.62. The Labute approximate surface area is 80.0 Å². The van der Waals surface area contributed by atoms with Gasteiger partial charge in [-0.25, -0.2) is 4.98 Å². The minimum atomic E-state index is 0.410. The molecule has 0 saturated heterocycles. The Hall–Kier alpha value is 0.200. The van der Waals surface area contributed by atoms with E-state index in [1.54, 1.807) is 6.07 Å². The molecule has 0 aliphatic carbocycles. The molecule has 0 aromatic carbocycles. The van der Waals surface area contributed by atoms with Crippen LogP contribution in [0.1, 0.15) is 0 Å². The fourth-order valence-electron chi connectivity index (χ4n) is 0.467. The highest BCUT2D eigenvalue weighted by atomic mass is 79.9. The van der Waals surface area contributed by atoms with Crippen molar-refractivity contribution < 1.29 is 0 Å². The number of anilines is 1. The van der Waals surface area contributed by atoms with Gasteiger partial charge in [0.25, 0.3) is 0 Å². The Kier molecular flexibility index (Phi) is 2.55. The predicted molar refractivity (Wildman–Crippen MR) is 49.1 cm³/mol. The molecule has 0 bridgehead atoms. The Bertz CT molecular complexity index is 241. The van der Waals surface area contributed by atoms with Crippen molar-refractivity contribution in [3.63, 3.8) is 0 Å². The summed E-state index contributed by atoms with van der Waals surface area (Å²) in [5.74, 6) is 0. The first-order valence-electron chi connectivity index (χ1n) is 2.38. The lowest BCUT2D eigenvalue weighted by Crippen LogP contribution is -1.90. The van der Waals surface area contributed by atoms with E-state index in [9.17, 15) is 0 Å². The van der Waals surface area contributed by atoms with Crippen LogP contribution < -0.4 is 5.73 Å². The van der Waals surface area contributed by atoms with Crippen molar-refractivity contribution in [3.8, 4) is 0 Å². The summed E-state index contributed by atoms with van der Waals surface area (Å²) in [6, 6.07) is 1.64. The minimum absolute atomic E-state index is 0.410. The van der Waals surface area contributed by atoms with E-state index < -0.39 is 0 Å². The molecular weight excluding hydrogens is 283 g/mol. The van der Waals surface area contributed by atoms with Gasteiger partial charge in [-0.15, -0.1) is 0 Å². The number of nitrogens with zero attached hydrogens (tertiary/aromatic N) is 1. The molecule has 1 aromatic heterocycles. The summed E-state index contributed by atoms with van der Waals surface area (Å²) in [6.07, 6.45) is 0. The van der Waals surface area contributed by atoms with E-state index in [0.29, 0.717) is 15.4 Å². The molecule has 0 amide bonds. The lowest BCUT2D eigenvalue weighted by molar-refractivity contribution is 1.27. The van der Waals surface area contributed by atoms with E-state index in [-0.39, 0.29) is 0 Å². The van der Waals surface area contributed by atoms with Crippen molar-refractivity contribution >= 4 is 49.1 Å². The van der Waals surface area contributed by atoms with Crippen molar-refractivity contribution in [2.45, 2.75) is 0 Å². The summed E-state index contributed by atoms with van der Waals surface area (Å²) in [6.45, 7) is 0. The lowest BCUT2D eigenvalue weighted by atomic mass is 10.4. The monoisotopic (exact) mass is 284 g/mol. The Morgan fingerprint density at radius 3 is 2.60 bits per heavy atom. The SMILES string of the molecule is Nc1c(Br)cc(Cl)nc1Br. The van der Waals surface area contributed by atoms with Crippen molar-refractivity contribution in [2.24, 2.45) is 0 Å². The van der Waals surface area contributed by atoms with Crippen molar-refractivity contribution in [2.75, 3.05) is 5.73 Å². The molecule has 2 N–H and O–H groups in total. The van der Waals surface area contributed by atoms with Crippen LogP contribution in [-0.2, 0) is 0 Å². The van der Waals surface area contributed by atoms with Crippen LogP contribution >= 0.6 is 43.5 Å². The van der Waals surface area contributed by atoms with Gasteiger partial charge in [0, 0.05) is 4.47 Å². The van der Waals surface area contributed by atoms with Gasteiger partial charge >= 0.3 is 0 Å². The second-order valence-corrected chi connectivity index (χ2v) is 3.62. The van der Waals surface area contributed by atoms with Gasteiger partial charge in [0.15, 0.2) is 0 Å². The molecule has 0 saturated carbocycles. The molecule has 0 radical (unpaired) electrons. The molecule has 1 rings (SSSR count). The first kappa shape index (κ1) is 8.30. The Morgan fingerprint density at radius 2 is 2.10 bits per heavy atom. The zero-order chi connectivity index (χ0) is 7.72. The van der Waals surface area contributed by atoms with Crippen LogP contribution in [0.4, 0.5) is 5.69 Å². The van der Waals surface area contributed by atoms with Gasteiger partial charge in [-0.3, -0.25) is 0 Å². The predicted octanol–water partition coefficient (Wildman–Crippen LogP) is 2.84. The van der Waals surface area contributed by atoms with E-state index in [4.69, 9.17) is 17.3 Å². The van der Waals surface area contributed by atoms with Crippen molar-refractivity contribution in [3.05, 3.63) is 20.3 Å². The van der Waals surface area contributed by atoms with Crippen LogP contribution in [0.3, 0.4) is 0 Å². The van der Waals surface area contributed by atoms with Crippen LogP contribution in [0.25, 0.3) is 0 Å². The highest BCUT2D eigenvalue weighted by Crippen LogP contribution is 2.28. The smallest absolute Gasteiger partial charge is 0.131 e. The topological polar surface area (TPSA) is 38.9 Å². The quantitative estimate of drug-likeness (QED) is 0.745. The molecule has 5 heteroatoms. The number of rotatable bonds is 0. The third-order valence-electron chi connectivity index (χ3n) is 0.930. The first-order valence-corrected chi connectivity index (χ1v) is 4.34. The van der Waals surface area contributed by atoms with Gasteiger partial charge < -0.3 is 5.73 Å². The maximum absolute atomic E-state index is 5.60. The third-order valence-corrected chi connectivity index (χ3v) is 2.38. The second kappa shape index (κ2) is 3.07. The van der Waals surface area contributed by atoms with Gasteiger partial charge in [0.2, 0.25) is 0 Å². The number of aromatic nitrogens is 1. The largest absolute Gasteiger partial charge is 0.396 e. The summed E-state index contributed by atoms with van der Waals surface area (Å²) in [7, 11) is 0. The number of pyridine rings is 1. The second-order valence-electron chi connectivity index (χ2n) is 1.63. The summed E-state index contributed by atoms with van der Waals surface area (Å²) in [4.78, 5) is 3.86. The van der Waals surface area contributed by atoms with Gasteiger partial charge in [-0.1, -0.05) is 11.6 Å².